The van der Waals surface area contributed by atoms with Crippen molar-refractivity contribution in [3.05, 3.63) is 28.2 Å². The van der Waals surface area contributed by atoms with E-state index in [2.05, 4.69) is 0 Å². The highest BCUT2D eigenvalue weighted by Crippen LogP contribution is 2.40. The van der Waals surface area contributed by atoms with Crippen molar-refractivity contribution in [3.63, 3.8) is 0 Å². The summed E-state index contributed by atoms with van der Waals surface area (Å²) in [6, 6.07) is 4.96. The fraction of sp³-hybridized carbons (Fsp3) is 0.417. The Kier molecular flexibility index (Phi) is 3.50. The van der Waals surface area contributed by atoms with Crippen molar-refractivity contribution in [2.75, 3.05) is 0 Å². The fourth-order valence-corrected chi connectivity index (χ4v) is 2.56. The number of ether oxygens (including phenoxy) is 1. The van der Waals surface area contributed by atoms with Crippen LogP contribution in [-0.4, -0.2) is 16.7 Å². The van der Waals surface area contributed by atoms with E-state index in [1.165, 1.54) is 0 Å². The third kappa shape index (κ3) is 2.35. The van der Waals surface area contributed by atoms with Crippen LogP contribution in [0.1, 0.15) is 25.7 Å². The molecule has 0 amide bonds. The van der Waals surface area contributed by atoms with Gasteiger partial charge in [-0.2, -0.15) is 0 Å². The predicted molar refractivity (Wildman–Crippen MR) is 65.9 cm³/mol. The molecule has 1 aromatic carbocycles. The Bertz CT molecular complexity index is 419. The van der Waals surface area contributed by atoms with Gasteiger partial charge < -0.3 is 9.84 Å². The van der Waals surface area contributed by atoms with Crippen molar-refractivity contribution in [1.82, 2.24) is 0 Å². The molecule has 17 heavy (non-hydrogen) atoms. The molecule has 1 N–H and O–H groups in total. The zero-order valence-electron chi connectivity index (χ0n) is 9.08. The van der Waals surface area contributed by atoms with Crippen LogP contribution in [-0.2, 0) is 4.79 Å². The van der Waals surface area contributed by atoms with Gasteiger partial charge in [0.1, 0.15) is 0 Å². The van der Waals surface area contributed by atoms with Gasteiger partial charge >= 0.3 is 5.97 Å². The average Bonchev–Trinajstić information content (AvgIpc) is 2.73. The van der Waals surface area contributed by atoms with Gasteiger partial charge in [0.05, 0.1) is 10.0 Å². The van der Waals surface area contributed by atoms with Gasteiger partial charge in [-0.1, -0.05) is 29.3 Å². The number of para-hydroxylation sites is 1. The van der Waals surface area contributed by atoms with Gasteiger partial charge in [-0.15, -0.1) is 0 Å². The zero-order valence-corrected chi connectivity index (χ0v) is 10.6. The Morgan fingerprint density at radius 3 is 2.24 bits per heavy atom. The van der Waals surface area contributed by atoms with E-state index in [0.29, 0.717) is 22.9 Å². The third-order valence-corrected chi connectivity index (χ3v) is 3.61. The highest BCUT2D eigenvalue weighted by molar-refractivity contribution is 6.37. The molecule has 3 nitrogen and oxygen atoms in total. The summed E-state index contributed by atoms with van der Waals surface area (Å²) in [6.07, 6.45) is 2.66. The van der Waals surface area contributed by atoms with Crippen molar-refractivity contribution in [3.8, 4) is 5.75 Å². The number of carboxylic acid groups (broad SMARTS) is 1. The van der Waals surface area contributed by atoms with Crippen LogP contribution in [0.3, 0.4) is 0 Å². The van der Waals surface area contributed by atoms with Crippen LogP contribution in [0.2, 0.25) is 10.0 Å². The highest BCUT2D eigenvalue weighted by atomic mass is 35.5. The van der Waals surface area contributed by atoms with Crippen LogP contribution in [0, 0.1) is 0 Å². The second-order valence-electron chi connectivity index (χ2n) is 4.16. The summed E-state index contributed by atoms with van der Waals surface area (Å²) in [7, 11) is 0. The summed E-state index contributed by atoms with van der Waals surface area (Å²) in [5.41, 5.74) is -1.17. The summed E-state index contributed by atoms with van der Waals surface area (Å²) < 4.78 is 5.62. The van der Waals surface area contributed by atoms with E-state index in [9.17, 15) is 9.90 Å². The highest BCUT2D eigenvalue weighted by Gasteiger charge is 2.44. The van der Waals surface area contributed by atoms with E-state index in [4.69, 9.17) is 27.9 Å². The summed E-state index contributed by atoms with van der Waals surface area (Å²) in [6.45, 7) is 0. The Labute approximate surface area is 109 Å². The molecule has 2 rings (SSSR count). The standard InChI is InChI=1S/C12H12Cl2O3/c13-8-4-3-5-9(14)10(8)17-12(11(15)16)6-1-2-7-12/h3-5H,1-2,6-7H2,(H,15,16). The van der Waals surface area contributed by atoms with Gasteiger partial charge in [0.15, 0.2) is 5.75 Å². The number of rotatable bonds is 3. The van der Waals surface area contributed by atoms with Gasteiger partial charge in [0.25, 0.3) is 0 Å². The van der Waals surface area contributed by atoms with Crippen LogP contribution < -0.4 is 4.74 Å². The zero-order chi connectivity index (χ0) is 12.5. The van der Waals surface area contributed by atoms with Crippen LogP contribution in [0.15, 0.2) is 18.2 Å². The first kappa shape index (κ1) is 12.5. The lowest BCUT2D eigenvalue weighted by atomic mass is 10.0. The minimum Gasteiger partial charge on any atom is -0.478 e. The van der Waals surface area contributed by atoms with Crippen LogP contribution in [0.5, 0.6) is 5.75 Å². The number of aliphatic carboxylic acids is 1. The molecular formula is C12H12Cl2O3. The Morgan fingerprint density at radius 2 is 1.76 bits per heavy atom. The summed E-state index contributed by atoms with van der Waals surface area (Å²) >= 11 is 11.9. The van der Waals surface area contributed by atoms with E-state index in [-0.39, 0.29) is 5.75 Å². The maximum atomic E-state index is 11.3. The van der Waals surface area contributed by atoms with Crippen molar-refractivity contribution < 1.29 is 14.6 Å². The second kappa shape index (κ2) is 4.75. The molecule has 0 spiro atoms. The molecule has 0 bridgehead atoms. The van der Waals surface area contributed by atoms with E-state index in [1.807, 2.05) is 0 Å². The SMILES string of the molecule is O=C(O)C1(Oc2c(Cl)cccc2Cl)CCCC1. The quantitative estimate of drug-likeness (QED) is 0.913. The predicted octanol–water partition coefficient (Wildman–Crippen LogP) is 3.77. The molecule has 0 aromatic heterocycles. The smallest absolute Gasteiger partial charge is 0.348 e. The van der Waals surface area contributed by atoms with Gasteiger partial charge in [-0.25, -0.2) is 4.79 Å². The minimum absolute atomic E-state index is 0.264. The monoisotopic (exact) mass is 274 g/mol. The van der Waals surface area contributed by atoms with Gasteiger partial charge in [0, 0.05) is 0 Å². The van der Waals surface area contributed by atoms with E-state index < -0.39 is 11.6 Å². The molecule has 0 radical (unpaired) electrons. The topological polar surface area (TPSA) is 46.5 Å². The molecule has 0 saturated heterocycles. The van der Waals surface area contributed by atoms with Gasteiger partial charge in [0.2, 0.25) is 5.60 Å². The van der Waals surface area contributed by atoms with Crippen molar-refractivity contribution in [2.24, 2.45) is 0 Å². The molecule has 0 unspecified atom stereocenters. The van der Waals surface area contributed by atoms with E-state index in [0.717, 1.165) is 12.8 Å². The van der Waals surface area contributed by atoms with Crippen LogP contribution in [0.4, 0.5) is 0 Å². The van der Waals surface area contributed by atoms with Crippen molar-refractivity contribution >= 4 is 29.2 Å². The van der Waals surface area contributed by atoms with E-state index >= 15 is 0 Å². The molecule has 1 aliphatic rings. The summed E-state index contributed by atoms with van der Waals surface area (Å²) in [5.74, 6) is -0.689. The largest absolute Gasteiger partial charge is 0.478 e. The lowest BCUT2D eigenvalue weighted by Gasteiger charge is -2.26. The number of carbonyl (C=O) groups is 1. The number of halogens is 2. The van der Waals surface area contributed by atoms with Gasteiger partial charge in [-0.05, 0) is 37.8 Å². The average molecular weight is 275 g/mol. The fourth-order valence-electron chi connectivity index (χ4n) is 2.08. The first-order chi connectivity index (χ1) is 8.05. The molecule has 0 aliphatic heterocycles. The maximum Gasteiger partial charge on any atom is 0.348 e. The van der Waals surface area contributed by atoms with Gasteiger partial charge in [-0.3, -0.25) is 0 Å². The molecule has 1 fully saturated rings. The normalized spacial score (nSPS) is 18.0. The second-order valence-corrected chi connectivity index (χ2v) is 4.97. The van der Waals surface area contributed by atoms with Crippen LogP contribution >= 0.6 is 23.2 Å². The molecule has 0 heterocycles. The van der Waals surface area contributed by atoms with E-state index in [1.54, 1.807) is 18.2 Å². The maximum absolute atomic E-state index is 11.3. The van der Waals surface area contributed by atoms with Crippen molar-refractivity contribution in [1.29, 1.82) is 0 Å². The summed E-state index contributed by atoms with van der Waals surface area (Å²) in [5, 5.41) is 9.97. The molecule has 5 heteroatoms. The number of benzene rings is 1. The minimum atomic E-state index is -1.17. The Morgan fingerprint density at radius 1 is 1.24 bits per heavy atom. The Balaban J connectivity index is 2.33. The molecular weight excluding hydrogens is 263 g/mol. The lowest BCUT2D eigenvalue weighted by Crippen LogP contribution is -2.41. The number of hydrogen-bond acceptors (Lipinski definition) is 2. The first-order valence-electron chi connectivity index (χ1n) is 5.42. The molecule has 1 aromatic rings. The lowest BCUT2D eigenvalue weighted by molar-refractivity contribution is -0.154. The third-order valence-electron chi connectivity index (χ3n) is 3.02. The van der Waals surface area contributed by atoms with Crippen molar-refractivity contribution in [2.45, 2.75) is 31.3 Å². The summed E-state index contributed by atoms with van der Waals surface area (Å²) in [4.78, 5) is 11.3. The molecule has 92 valence electrons. The van der Waals surface area contributed by atoms with Crippen LogP contribution in [0.25, 0.3) is 0 Å². The molecule has 0 atom stereocenters. The Hall–Kier alpha value is -0.930. The first-order valence-corrected chi connectivity index (χ1v) is 6.17. The number of hydrogen-bond donors (Lipinski definition) is 1. The molecule has 1 saturated carbocycles. The molecule has 1 aliphatic carbocycles. The number of carboxylic acids is 1.